The number of amides is 1. The van der Waals surface area contributed by atoms with Crippen LogP contribution in [0, 0.1) is 17.5 Å². The van der Waals surface area contributed by atoms with E-state index in [1.165, 1.54) is 49.7 Å². The van der Waals surface area contributed by atoms with Crippen molar-refractivity contribution in [3.05, 3.63) is 71.7 Å². The van der Waals surface area contributed by atoms with Gasteiger partial charge in [0, 0.05) is 24.5 Å². The third-order valence-electron chi connectivity index (χ3n) is 5.99. The van der Waals surface area contributed by atoms with Crippen molar-refractivity contribution >= 4 is 23.5 Å². The Hall–Kier alpha value is -3.86. The first-order chi connectivity index (χ1) is 17.9. The summed E-state index contributed by atoms with van der Waals surface area (Å²) >= 11 is 0. The fourth-order valence-electron chi connectivity index (χ4n) is 4.10. The highest BCUT2D eigenvalue weighted by Gasteiger charge is 2.18. The lowest BCUT2D eigenvalue weighted by atomic mass is 10.1. The normalized spacial score (nSPS) is 13.8. The van der Waals surface area contributed by atoms with Gasteiger partial charge in [-0.2, -0.15) is 4.98 Å². The van der Waals surface area contributed by atoms with Gasteiger partial charge in [0.15, 0.2) is 23.2 Å². The van der Waals surface area contributed by atoms with E-state index in [4.69, 9.17) is 4.74 Å². The molecule has 11 heteroatoms. The Morgan fingerprint density at radius 3 is 2.57 bits per heavy atom. The number of piperidine rings is 1. The first-order valence-electron chi connectivity index (χ1n) is 12.1. The summed E-state index contributed by atoms with van der Waals surface area (Å²) in [5, 5.41) is 12.5. The molecule has 196 valence electrons. The number of nitrogens with one attached hydrogen (secondary N) is 1. The van der Waals surface area contributed by atoms with Crippen molar-refractivity contribution in [1.29, 1.82) is 0 Å². The number of nitrogens with zero attached hydrogens (tertiary/aromatic N) is 4. The molecule has 1 aliphatic heterocycles. The van der Waals surface area contributed by atoms with Gasteiger partial charge in [0.25, 0.3) is 0 Å². The van der Waals surface area contributed by atoms with E-state index >= 15 is 0 Å². The van der Waals surface area contributed by atoms with Gasteiger partial charge in [-0.3, -0.25) is 4.90 Å². The van der Waals surface area contributed by atoms with Crippen LogP contribution >= 0.6 is 0 Å². The van der Waals surface area contributed by atoms with E-state index in [2.05, 4.69) is 20.2 Å². The summed E-state index contributed by atoms with van der Waals surface area (Å²) in [5.74, 6) is -2.48. The van der Waals surface area contributed by atoms with Gasteiger partial charge < -0.3 is 20.1 Å². The second-order valence-electron chi connectivity index (χ2n) is 8.73. The summed E-state index contributed by atoms with van der Waals surface area (Å²) in [6, 6.07) is 8.85. The molecule has 1 fully saturated rings. The van der Waals surface area contributed by atoms with Crippen LogP contribution in [0.5, 0.6) is 5.75 Å². The average molecular weight is 516 g/mol. The molecule has 0 aliphatic carbocycles. The lowest BCUT2D eigenvalue weighted by Gasteiger charge is -2.26. The van der Waals surface area contributed by atoms with Crippen molar-refractivity contribution in [3.8, 4) is 5.75 Å². The molecule has 0 spiro atoms. The number of hydrogen-bond donors (Lipinski definition) is 2. The molecule has 4 rings (SSSR count). The van der Waals surface area contributed by atoms with E-state index in [0.717, 1.165) is 43.1 Å². The van der Waals surface area contributed by atoms with Gasteiger partial charge in [0.2, 0.25) is 5.95 Å². The Morgan fingerprint density at radius 2 is 1.84 bits per heavy atom. The number of hydrogen-bond acceptors (Lipinski definition) is 6. The summed E-state index contributed by atoms with van der Waals surface area (Å²) in [7, 11) is 0. The van der Waals surface area contributed by atoms with Crippen LogP contribution in [-0.4, -0.2) is 52.3 Å². The molecule has 1 saturated heterocycles. The number of halogens is 3. The largest absolute Gasteiger partial charge is 0.490 e. The molecule has 0 bridgehead atoms. The maximum Gasteiger partial charge on any atom is 0.413 e. The van der Waals surface area contributed by atoms with Gasteiger partial charge >= 0.3 is 6.09 Å². The van der Waals surface area contributed by atoms with E-state index < -0.39 is 23.5 Å². The molecule has 1 aliphatic rings. The number of anilines is 3. The fourth-order valence-corrected chi connectivity index (χ4v) is 4.10. The summed E-state index contributed by atoms with van der Waals surface area (Å²) in [4.78, 5) is 23.3. The smallest absolute Gasteiger partial charge is 0.413 e. The van der Waals surface area contributed by atoms with Gasteiger partial charge in [0.1, 0.15) is 5.82 Å². The highest BCUT2D eigenvalue weighted by Crippen LogP contribution is 2.24. The van der Waals surface area contributed by atoms with Crippen LogP contribution in [0.4, 0.5) is 35.4 Å². The molecule has 1 amide bonds. The zero-order chi connectivity index (χ0) is 26.2. The van der Waals surface area contributed by atoms with Gasteiger partial charge in [-0.1, -0.05) is 12.5 Å². The van der Waals surface area contributed by atoms with Gasteiger partial charge in [-0.25, -0.2) is 22.9 Å². The summed E-state index contributed by atoms with van der Waals surface area (Å²) < 4.78 is 46.9. The maximum absolute atomic E-state index is 14.6. The quantitative estimate of drug-likeness (QED) is 0.341. The lowest BCUT2D eigenvalue weighted by molar-refractivity contribution is 0.201. The number of carboxylic acid groups (broad SMARTS) is 1. The zero-order valence-electron chi connectivity index (χ0n) is 20.2. The fraction of sp³-hybridized carbons (Fsp3) is 0.346. The second-order valence-corrected chi connectivity index (χ2v) is 8.73. The third-order valence-corrected chi connectivity index (χ3v) is 5.99. The molecule has 3 aromatic rings. The van der Waals surface area contributed by atoms with Crippen molar-refractivity contribution in [3.63, 3.8) is 0 Å². The first-order valence-corrected chi connectivity index (χ1v) is 12.1. The number of carbonyl (C=O) groups is 1. The molecule has 1 aromatic heterocycles. The third kappa shape index (κ3) is 7.32. The van der Waals surface area contributed by atoms with Crippen molar-refractivity contribution in [2.45, 2.75) is 32.2 Å². The molecular formula is C26H28F3N5O3. The van der Waals surface area contributed by atoms with E-state index in [1.807, 2.05) is 0 Å². The van der Waals surface area contributed by atoms with Gasteiger partial charge in [0.05, 0.1) is 13.2 Å². The Kier molecular flexibility index (Phi) is 8.78. The van der Waals surface area contributed by atoms with Crippen molar-refractivity contribution in [2.75, 3.05) is 36.5 Å². The number of aromatic nitrogens is 2. The minimum atomic E-state index is -1.35. The zero-order valence-corrected chi connectivity index (χ0v) is 20.2. The number of likely N-dealkylation sites (tertiary alicyclic amines) is 1. The molecular weight excluding hydrogens is 487 g/mol. The summed E-state index contributed by atoms with van der Waals surface area (Å²) in [6.07, 6.45) is 4.52. The van der Waals surface area contributed by atoms with Crippen molar-refractivity contribution in [1.82, 2.24) is 14.9 Å². The highest BCUT2D eigenvalue weighted by atomic mass is 19.2. The number of rotatable bonds is 10. The van der Waals surface area contributed by atoms with Crippen LogP contribution in [-0.2, 0) is 6.54 Å². The minimum Gasteiger partial charge on any atom is -0.490 e. The highest BCUT2D eigenvalue weighted by molar-refractivity contribution is 5.84. The molecule has 0 saturated carbocycles. The molecule has 2 heterocycles. The molecule has 8 nitrogen and oxygen atoms in total. The Labute approximate surface area is 212 Å². The lowest BCUT2D eigenvalue weighted by Crippen LogP contribution is -2.31. The summed E-state index contributed by atoms with van der Waals surface area (Å²) in [5.41, 5.74) is 0.584. The van der Waals surface area contributed by atoms with Crippen LogP contribution in [0.25, 0.3) is 0 Å². The van der Waals surface area contributed by atoms with E-state index in [0.29, 0.717) is 12.3 Å². The van der Waals surface area contributed by atoms with Crippen molar-refractivity contribution < 1.29 is 27.8 Å². The SMILES string of the molecule is O=C(O)N(Cc1ccc(F)c(F)c1)c1ccnc(Nc2ccc(OCCCN3CCCCC3)c(F)c2)n1. The predicted octanol–water partition coefficient (Wildman–Crippen LogP) is 5.58. The topological polar surface area (TPSA) is 90.8 Å². The second kappa shape index (κ2) is 12.4. The Balaban J connectivity index is 1.36. The molecule has 2 aromatic carbocycles. The predicted molar refractivity (Wildman–Crippen MR) is 133 cm³/mol. The van der Waals surface area contributed by atoms with E-state index in [9.17, 15) is 23.1 Å². The molecule has 0 radical (unpaired) electrons. The minimum absolute atomic E-state index is 0.00358. The average Bonchev–Trinajstić information content (AvgIpc) is 2.89. The molecule has 2 N–H and O–H groups in total. The maximum atomic E-state index is 14.6. The Bertz CT molecular complexity index is 1220. The van der Waals surface area contributed by atoms with Crippen LogP contribution in [0.1, 0.15) is 31.2 Å². The van der Waals surface area contributed by atoms with Gasteiger partial charge in [-0.05, 0) is 68.2 Å². The van der Waals surface area contributed by atoms with E-state index in [-0.39, 0.29) is 29.6 Å². The van der Waals surface area contributed by atoms with Crippen molar-refractivity contribution in [2.24, 2.45) is 0 Å². The van der Waals surface area contributed by atoms with E-state index in [1.54, 1.807) is 6.07 Å². The van der Waals surface area contributed by atoms with Crippen LogP contribution < -0.4 is 15.0 Å². The number of ether oxygens (including phenoxy) is 1. The first kappa shape index (κ1) is 26.2. The Morgan fingerprint density at radius 1 is 1.03 bits per heavy atom. The van der Waals surface area contributed by atoms with Crippen LogP contribution in [0.2, 0.25) is 0 Å². The molecule has 37 heavy (non-hydrogen) atoms. The monoisotopic (exact) mass is 515 g/mol. The standard InChI is InChI=1S/C26H28F3N5O3/c27-20-7-5-18(15-21(20)28)17-34(26(35)36)24-9-10-30-25(32-24)31-19-6-8-23(22(29)16-19)37-14-4-13-33-11-2-1-3-12-33/h5-10,15-16H,1-4,11-14,17H2,(H,35,36)(H,30,31,32). The summed E-state index contributed by atoms with van der Waals surface area (Å²) in [6.45, 7) is 3.29. The molecule has 0 unspecified atom stereocenters. The van der Waals surface area contributed by atoms with Crippen LogP contribution in [0.3, 0.4) is 0 Å². The van der Waals surface area contributed by atoms with Crippen LogP contribution in [0.15, 0.2) is 48.7 Å². The molecule has 0 atom stereocenters. The van der Waals surface area contributed by atoms with Gasteiger partial charge in [-0.15, -0.1) is 0 Å². The number of benzene rings is 2.